The second kappa shape index (κ2) is 1.49. The topological polar surface area (TPSA) is 0 Å². The molecule has 0 heteroatoms. The lowest BCUT2D eigenvalue weighted by Crippen LogP contribution is -2.15. The summed E-state index contributed by atoms with van der Waals surface area (Å²) in [6.07, 6.45) is 12.6. The van der Waals surface area contributed by atoms with Gasteiger partial charge in [-0.3, -0.25) is 0 Å². The van der Waals surface area contributed by atoms with Crippen molar-refractivity contribution in [2.45, 2.75) is 32.1 Å². The molecule has 0 nitrogen and oxygen atoms in total. The van der Waals surface area contributed by atoms with E-state index in [2.05, 4.69) is 12.2 Å². The molecular weight excluding hydrogens is 120 g/mol. The molecule has 0 unspecified atom stereocenters. The van der Waals surface area contributed by atoms with Gasteiger partial charge in [-0.05, 0) is 42.9 Å². The maximum absolute atomic E-state index is 2.54. The summed E-state index contributed by atoms with van der Waals surface area (Å²) in [5.41, 5.74) is 0.741. The van der Waals surface area contributed by atoms with E-state index in [4.69, 9.17) is 0 Å². The van der Waals surface area contributed by atoms with Gasteiger partial charge in [-0.25, -0.2) is 0 Å². The average Bonchev–Trinajstić information content (AvgIpc) is 2.48. The van der Waals surface area contributed by atoms with Crippen molar-refractivity contribution < 1.29 is 0 Å². The highest BCUT2D eigenvalue weighted by atomic mass is 14.5. The predicted octanol–water partition coefficient (Wildman–Crippen LogP) is 2.75. The third kappa shape index (κ3) is 0.457. The molecule has 3 rings (SSSR count). The van der Waals surface area contributed by atoms with Gasteiger partial charge in [0.1, 0.15) is 0 Å². The van der Waals surface area contributed by atoms with Crippen LogP contribution in [-0.2, 0) is 0 Å². The van der Waals surface area contributed by atoms with Crippen LogP contribution in [0.4, 0.5) is 0 Å². The zero-order valence-electron chi connectivity index (χ0n) is 6.34. The monoisotopic (exact) mass is 134 g/mol. The van der Waals surface area contributed by atoms with Crippen LogP contribution in [-0.4, -0.2) is 0 Å². The minimum Gasteiger partial charge on any atom is -0.0848 e. The van der Waals surface area contributed by atoms with Crippen molar-refractivity contribution in [2.24, 2.45) is 17.3 Å². The van der Waals surface area contributed by atoms with Crippen molar-refractivity contribution in [1.29, 1.82) is 0 Å². The van der Waals surface area contributed by atoms with E-state index in [-0.39, 0.29) is 0 Å². The van der Waals surface area contributed by atoms with Gasteiger partial charge in [0.15, 0.2) is 0 Å². The van der Waals surface area contributed by atoms with Crippen LogP contribution in [0.2, 0.25) is 0 Å². The molecule has 0 saturated heterocycles. The van der Waals surface area contributed by atoms with E-state index in [0.717, 1.165) is 17.3 Å². The molecule has 2 bridgehead atoms. The predicted molar refractivity (Wildman–Crippen MR) is 41.6 cm³/mol. The molecule has 54 valence electrons. The Labute approximate surface area is 62.3 Å². The lowest BCUT2D eigenvalue weighted by atomic mass is 9.81. The van der Waals surface area contributed by atoms with Gasteiger partial charge >= 0.3 is 0 Å². The maximum Gasteiger partial charge on any atom is -0.00841 e. The lowest BCUT2D eigenvalue weighted by molar-refractivity contribution is 0.332. The van der Waals surface area contributed by atoms with Crippen molar-refractivity contribution >= 4 is 0 Å². The van der Waals surface area contributed by atoms with Gasteiger partial charge in [0.25, 0.3) is 0 Å². The molecule has 3 aliphatic carbocycles. The van der Waals surface area contributed by atoms with E-state index < -0.39 is 0 Å². The van der Waals surface area contributed by atoms with Crippen LogP contribution in [0.25, 0.3) is 0 Å². The smallest absolute Gasteiger partial charge is 0.00841 e. The van der Waals surface area contributed by atoms with Crippen molar-refractivity contribution in [3.05, 3.63) is 12.2 Å². The molecule has 2 saturated carbocycles. The lowest BCUT2D eigenvalue weighted by Gasteiger charge is -2.23. The molecule has 0 N–H and O–H groups in total. The Balaban J connectivity index is 2.07. The minimum absolute atomic E-state index is 0.741. The fraction of sp³-hybridized carbons (Fsp3) is 0.800. The van der Waals surface area contributed by atoms with Gasteiger partial charge in [0.05, 0.1) is 0 Å². The molecule has 0 amide bonds. The second-order valence-electron chi connectivity index (χ2n) is 4.38. The summed E-state index contributed by atoms with van der Waals surface area (Å²) in [6.45, 7) is 0. The maximum atomic E-state index is 2.54. The third-order valence-corrected chi connectivity index (χ3v) is 3.94. The fourth-order valence-electron chi connectivity index (χ4n) is 3.49. The van der Waals surface area contributed by atoms with Crippen LogP contribution in [0.1, 0.15) is 32.1 Å². The van der Waals surface area contributed by atoms with E-state index in [1.165, 1.54) is 32.1 Å². The number of rotatable bonds is 0. The zero-order valence-corrected chi connectivity index (χ0v) is 6.34. The minimum atomic E-state index is 0.741. The molecule has 0 radical (unpaired) electrons. The Hall–Kier alpha value is -0.260. The van der Waals surface area contributed by atoms with Crippen LogP contribution in [0.5, 0.6) is 0 Å². The highest BCUT2D eigenvalue weighted by Gasteiger charge is 2.50. The Morgan fingerprint density at radius 1 is 1.40 bits per heavy atom. The summed E-state index contributed by atoms with van der Waals surface area (Å²) < 4.78 is 0. The summed E-state index contributed by atoms with van der Waals surface area (Å²) in [5.74, 6) is 2.09. The molecule has 2 fully saturated rings. The van der Waals surface area contributed by atoms with E-state index in [1.54, 1.807) is 0 Å². The zero-order chi connectivity index (χ0) is 6.60. The fourth-order valence-corrected chi connectivity index (χ4v) is 3.49. The Kier molecular flexibility index (Phi) is 0.805. The number of fused-ring (bicyclic) bond motifs is 1. The van der Waals surface area contributed by atoms with E-state index in [0.29, 0.717) is 0 Å². The Morgan fingerprint density at radius 2 is 2.40 bits per heavy atom. The number of hydrogen-bond acceptors (Lipinski definition) is 0. The van der Waals surface area contributed by atoms with Crippen LogP contribution in [0.3, 0.4) is 0 Å². The van der Waals surface area contributed by atoms with Gasteiger partial charge in [-0.15, -0.1) is 0 Å². The van der Waals surface area contributed by atoms with Crippen LogP contribution < -0.4 is 0 Å². The quantitative estimate of drug-likeness (QED) is 0.447. The van der Waals surface area contributed by atoms with Gasteiger partial charge in [0, 0.05) is 0 Å². The molecule has 3 atom stereocenters. The summed E-state index contributed by atoms with van der Waals surface area (Å²) in [6, 6.07) is 0. The molecule has 3 aliphatic rings. The van der Waals surface area contributed by atoms with Gasteiger partial charge in [-0.2, -0.15) is 0 Å². The molecule has 0 heterocycles. The standard InChI is InChI=1S/C10H14/c1-2-9-6-8-3-5-10(9,4-1)7-8/h3,5,8-9H,1-2,4,6-7H2/t8-,9-,10+/m0/s1. The van der Waals surface area contributed by atoms with Crippen LogP contribution in [0.15, 0.2) is 12.2 Å². The van der Waals surface area contributed by atoms with E-state index in [1.807, 2.05) is 0 Å². The third-order valence-electron chi connectivity index (χ3n) is 3.94. The molecule has 1 spiro atoms. The van der Waals surface area contributed by atoms with Crippen molar-refractivity contribution in [3.63, 3.8) is 0 Å². The SMILES string of the molecule is C1=C[C@@]23CCC[C@H]2C[C@H]1C3. The first-order valence-corrected chi connectivity index (χ1v) is 4.58. The molecule has 0 aromatic rings. The number of allylic oxidation sites excluding steroid dienone is 2. The van der Waals surface area contributed by atoms with Crippen molar-refractivity contribution in [1.82, 2.24) is 0 Å². The van der Waals surface area contributed by atoms with Crippen molar-refractivity contribution in [2.75, 3.05) is 0 Å². The highest BCUT2D eigenvalue weighted by molar-refractivity contribution is 5.20. The molecular formula is C10H14. The summed E-state index contributed by atoms with van der Waals surface area (Å²) in [5, 5.41) is 0. The molecule has 0 aliphatic heterocycles. The Morgan fingerprint density at radius 3 is 3.20 bits per heavy atom. The highest BCUT2D eigenvalue weighted by Crippen LogP contribution is 2.61. The molecule has 0 aromatic heterocycles. The van der Waals surface area contributed by atoms with Crippen LogP contribution in [0, 0.1) is 17.3 Å². The molecule has 0 aromatic carbocycles. The first-order chi connectivity index (χ1) is 4.89. The molecule has 10 heavy (non-hydrogen) atoms. The Bertz CT molecular complexity index is 192. The summed E-state index contributed by atoms with van der Waals surface area (Å²) in [4.78, 5) is 0. The number of hydrogen-bond donors (Lipinski definition) is 0. The first kappa shape index (κ1) is 5.40. The van der Waals surface area contributed by atoms with Gasteiger partial charge < -0.3 is 0 Å². The van der Waals surface area contributed by atoms with Crippen LogP contribution >= 0.6 is 0 Å². The first-order valence-electron chi connectivity index (χ1n) is 4.58. The largest absolute Gasteiger partial charge is 0.0848 e. The summed E-state index contributed by atoms with van der Waals surface area (Å²) >= 11 is 0. The normalized spacial score (nSPS) is 56.0. The van der Waals surface area contributed by atoms with Gasteiger partial charge in [0.2, 0.25) is 0 Å². The van der Waals surface area contributed by atoms with E-state index in [9.17, 15) is 0 Å². The van der Waals surface area contributed by atoms with Crippen molar-refractivity contribution in [3.8, 4) is 0 Å². The van der Waals surface area contributed by atoms with Gasteiger partial charge in [-0.1, -0.05) is 18.6 Å². The average molecular weight is 134 g/mol. The summed E-state index contributed by atoms with van der Waals surface area (Å²) in [7, 11) is 0. The van der Waals surface area contributed by atoms with E-state index >= 15 is 0 Å². The second-order valence-corrected chi connectivity index (χ2v) is 4.38.